The van der Waals surface area contributed by atoms with Crippen LogP contribution in [-0.2, 0) is 14.3 Å². The third-order valence-electron chi connectivity index (χ3n) is 3.95. The highest BCUT2D eigenvalue weighted by Crippen LogP contribution is 2.16. The van der Waals surface area contributed by atoms with E-state index in [0.29, 0.717) is 17.0 Å². The molecule has 0 bridgehead atoms. The molecule has 2 aromatic rings. The molecule has 0 aliphatic rings. The molecule has 0 aliphatic heterocycles. The summed E-state index contributed by atoms with van der Waals surface area (Å²) in [5, 5.41) is 2.59. The summed E-state index contributed by atoms with van der Waals surface area (Å²) in [6.07, 6.45) is -1.00. The number of aryl methyl sites for hydroxylation is 2. The third kappa shape index (κ3) is 5.85. The molecule has 0 fully saturated rings. The van der Waals surface area contributed by atoms with Gasteiger partial charge in [-0.2, -0.15) is 0 Å². The molecule has 142 valence electrons. The number of carbonyl (C=O) groups is 3. The molecule has 0 unspecified atom stereocenters. The summed E-state index contributed by atoms with van der Waals surface area (Å²) in [4.78, 5) is 35.0. The molecule has 2 amide bonds. The van der Waals surface area contributed by atoms with E-state index in [1.54, 1.807) is 6.07 Å². The van der Waals surface area contributed by atoms with E-state index in [4.69, 9.17) is 15.2 Å². The molecule has 0 saturated heterocycles. The fraction of sp³-hybridized carbons (Fsp3) is 0.250. The molecule has 0 spiro atoms. The minimum atomic E-state index is -1.00. The zero-order chi connectivity index (χ0) is 20.0. The van der Waals surface area contributed by atoms with Crippen LogP contribution < -0.4 is 15.8 Å². The summed E-state index contributed by atoms with van der Waals surface area (Å²) in [5.41, 5.74) is 8.12. The summed E-state index contributed by atoms with van der Waals surface area (Å²) in [6, 6.07) is 11.5. The summed E-state index contributed by atoms with van der Waals surface area (Å²) < 4.78 is 10.5. The van der Waals surface area contributed by atoms with Gasteiger partial charge in [0.15, 0.2) is 12.7 Å². The Bertz CT molecular complexity index is 846. The van der Waals surface area contributed by atoms with E-state index in [-0.39, 0.29) is 6.61 Å². The first kappa shape index (κ1) is 20.0. The van der Waals surface area contributed by atoms with Crippen molar-refractivity contribution in [3.63, 3.8) is 0 Å². The van der Waals surface area contributed by atoms with E-state index >= 15 is 0 Å². The predicted octanol–water partition coefficient (Wildman–Crippen LogP) is 2.35. The van der Waals surface area contributed by atoms with E-state index in [1.807, 2.05) is 26.0 Å². The lowest BCUT2D eigenvalue weighted by atomic mass is 10.1. The largest absolute Gasteiger partial charge is 0.482 e. The van der Waals surface area contributed by atoms with Crippen LogP contribution in [0.15, 0.2) is 42.5 Å². The minimum absolute atomic E-state index is 0.298. The van der Waals surface area contributed by atoms with Gasteiger partial charge in [-0.3, -0.25) is 9.59 Å². The maximum Gasteiger partial charge on any atom is 0.344 e. The van der Waals surface area contributed by atoms with Crippen molar-refractivity contribution < 1.29 is 23.9 Å². The van der Waals surface area contributed by atoms with E-state index in [2.05, 4.69) is 5.32 Å². The molecule has 0 saturated carbocycles. The molecule has 0 radical (unpaired) electrons. The summed E-state index contributed by atoms with van der Waals surface area (Å²) in [7, 11) is 0. The van der Waals surface area contributed by atoms with Gasteiger partial charge in [0.2, 0.25) is 5.91 Å². The van der Waals surface area contributed by atoms with Gasteiger partial charge in [0, 0.05) is 11.3 Å². The van der Waals surface area contributed by atoms with Crippen molar-refractivity contribution in [3.05, 3.63) is 59.2 Å². The number of anilines is 1. The quantitative estimate of drug-likeness (QED) is 0.728. The van der Waals surface area contributed by atoms with E-state index < -0.39 is 23.9 Å². The van der Waals surface area contributed by atoms with Crippen molar-refractivity contribution in [1.82, 2.24) is 0 Å². The monoisotopic (exact) mass is 370 g/mol. The molecule has 2 rings (SSSR count). The molecular formula is C20H22N2O5. The molecule has 0 aliphatic carbocycles. The molecular weight excluding hydrogens is 348 g/mol. The Labute approximate surface area is 157 Å². The zero-order valence-electron chi connectivity index (χ0n) is 15.4. The summed E-state index contributed by atoms with van der Waals surface area (Å²) in [5.74, 6) is -1.15. The van der Waals surface area contributed by atoms with Gasteiger partial charge < -0.3 is 20.5 Å². The first-order chi connectivity index (χ1) is 12.8. The van der Waals surface area contributed by atoms with Crippen molar-refractivity contribution in [2.45, 2.75) is 26.9 Å². The van der Waals surface area contributed by atoms with Crippen LogP contribution in [0, 0.1) is 13.8 Å². The van der Waals surface area contributed by atoms with Crippen molar-refractivity contribution in [3.8, 4) is 5.75 Å². The number of hydrogen-bond acceptors (Lipinski definition) is 5. The first-order valence-corrected chi connectivity index (χ1v) is 8.36. The number of benzene rings is 2. The Kier molecular flexibility index (Phi) is 6.54. The van der Waals surface area contributed by atoms with Gasteiger partial charge in [0.25, 0.3) is 5.91 Å². The maximum atomic E-state index is 12.1. The van der Waals surface area contributed by atoms with Crippen molar-refractivity contribution in [2.75, 3.05) is 11.9 Å². The predicted molar refractivity (Wildman–Crippen MR) is 101 cm³/mol. The van der Waals surface area contributed by atoms with Crippen molar-refractivity contribution in [1.29, 1.82) is 0 Å². The van der Waals surface area contributed by atoms with Crippen LogP contribution in [0.4, 0.5) is 5.69 Å². The molecule has 1 atom stereocenters. The van der Waals surface area contributed by atoms with E-state index in [1.165, 1.54) is 31.2 Å². The number of amides is 2. The van der Waals surface area contributed by atoms with Crippen LogP contribution in [0.1, 0.15) is 28.4 Å². The number of carbonyl (C=O) groups excluding carboxylic acids is 3. The Balaban J connectivity index is 1.83. The molecule has 7 heteroatoms. The first-order valence-electron chi connectivity index (χ1n) is 8.36. The van der Waals surface area contributed by atoms with E-state index in [0.717, 1.165) is 11.1 Å². The molecule has 0 heterocycles. The normalized spacial score (nSPS) is 11.4. The topological polar surface area (TPSA) is 108 Å². The summed E-state index contributed by atoms with van der Waals surface area (Å²) >= 11 is 0. The van der Waals surface area contributed by atoms with Crippen LogP contribution in [0.2, 0.25) is 0 Å². The fourth-order valence-electron chi connectivity index (χ4n) is 2.19. The van der Waals surface area contributed by atoms with Gasteiger partial charge in [0.1, 0.15) is 5.75 Å². The molecule has 27 heavy (non-hydrogen) atoms. The summed E-state index contributed by atoms with van der Waals surface area (Å²) in [6.45, 7) is 5.09. The van der Waals surface area contributed by atoms with Gasteiger partial charge in [-0.05, 0) is 68.3 Å². The van der Waals surface area contributed by atoms with Gasteiger partial charge in [-0.15, -0.1) is 0 Å². The average molecular weight is 370 g/mol. The minimum Gasteiger partial charge on any atom is -0.482 e. The number of esters is 1. The Morgan fingerprint density at radius 2 is 1.70 bits per heavy atom. The number of rotatable bonds is 7. The number of ether oxygens (including phenoxy) is 2. The van der Waals surface area contributed by atoms with Crippen LogP contribution in [-0.4, -0.2) is 30.5 Å². The highest BCUT2D eigenvalue weighted by Gasteiger charge is 2.18. The Morgan fingerprint density at radius 1 is 1.04 bits per heavy atom. The number of primary amides is 1. The highest BCUT2D eigenvalue weighted by molar-refractivity contribution is 5.96. The number of nitrogens with two attached hydrogens (primary N) is 1. The van der Waals surface area contributed by atoms with Crippen molar-refractivity contribution >= 4 is 23.5 Å². The van der Waals surface area contributed by atoms with Gasteiger partial charge >= 0.3 is 5.97 Å². The number of nitrogens with one attached hydrogen (secondary N) is 1. The van der Waals surface area contributed by atoms with Crippen LogP contribution in [0.5, 0.6) is 5.75 Å². The van der Waals surface area contributed by atoms with Crippen LogP contribution in [0.3, 0.4) is 0 Å². The van der Waals surface area contributed by atoms with Crippen LogP contribution >= 0.6 is 0 Å². The lowest BCUT2D eigenvalue weighted by Crippen LogP contribution is -2.31. The molecule has 2 aromatic carbocycles. The smallest absolute Gasteiger partial charge is 0.344 e. The Morgan fingerprint density at radius 3 is 2.30 bits per heavy atom. The second-order valence-corrected chi connectivity index (χ2v) is 6.10. The average Bonchev–Trinajstić information content (AvgIpc) is 2.63. The standard InChI is InChI=1S/C20H22N2O5/c1-12-4-9-17(10-13(12)2)26-11-18(23)27-14(3)20(25)22-16-7-5-15(6-8-16)19(21)24/h4-10,14H,11H2,1-3H3,(H2,21,24)(H,22,25)/t14-/m1/s1. The highest BCUT2D eigenvalue weighted by atomic mass is 16.6. The lowest BCUT2D eigenvalue weighted by molar-refractivity contribution is -0.155. The van der Waals surface area contributed by atoms with E-state index in [9.17, 15) is 14.4 Å². The second kappa shape index (κ2) is 8.84. The molecule has 3 N–H and O–H groups in total. The van der Waals surface area contributed by atoms with Gasteiger partial charge in [-0.25, -0.2) is 4.79 Å². The zero-order valence-corrected chi connectivity index (χ0v) is 15.4. The van der Waals surface area contributed by atoms with Crippen LogP contribution in [0.25, 0.3) is 0 Å². The van der Waals surface area contributed by atoms with Gasteiger partial charge in [0.05, 0.1) is 0 Å². The SMILES string of the molecule is Cc1ccc(OCC(=O)O[C@H](C)C(=O)Nc2ccc(C(N)=O)cc2)cc1C. The Hall–Kier alpha value is -3.35. The fourth-order valence-corrected chi connectivity index (χ4v) is 2.19. The third-order valence-corrected chi connectivity index (χ3v) is 3.95. The molecule has 7 nitrogen and oxygen atoms in total. The lowest BCUT2D eigenvalue weighted by Gasteiger charge is -2.14. The number of hydrogen-bond donors (Lipinski definition) is 2. The maximum absolute atomic E-state index is 12.1. The van der Waals surface area contributed by atoms with Gasteiger partial charge in [-0.1, -0.05) is 6.07 Å². The molecule has 0 aromatic heterocycles. The van der Waals surface area contributed by atoms with Crippen molar-refractivity contribution in [2.24, 2.45) is 5.73 Å². The second-order valence-electron chi connectivity index (χ2n) is 6.10.